The molecule has 1 amide bonds. The standard InChI is InChI=1S/C16H19N3OS/c1-9-6-10(2)14(11(3)7-9)15(20)19-16-18-12-4-5-17-8-13(12)21-16/h6-7,17H,4-5,8H2,1-3H3,(H,18,19,20). The van der Waals surface area contributed by atoms with E-state index in [0.29, 0.717) is 5.13 Å². The fraction of sp³-hybridized carbons (Fsp3) is 0.375. The van der Waals surface area contributed by atoms with E-state index in [1.54, 1.807) is 11.3 Å². The lowest BCUT2D eigenvalue weighted by Gasteiger charge is -2.10. The van der Waals surface area contributed by atoms with Crippen molar-refractivity contribution in [3.8, 4) is 0 Å². The van der Waals surface area contributed by atoms with Gasteiger partial charge in [0.2, 0.25) is 0 Å². The van der Waals surface area contributed by atoms with Crippen LogP contribution in [-0.4, -0.2) is 17.4 Å². The molecule has 2 heterocycles. The van der Waals surface area contributed by atoms with Crippen molar-refractivity contribution in [2.75, 3.05) is 11.9 Å². The first-order valence-electron chi connectivity index (χ1n) is 7.13. The molecule has 0 aliphatic carbocycles. The van der Waals surface area contributed by atoms with Crippen LogP contribution >= 0.6 is 11.3 Å². The first kappa shape index (κ1) is 14.2. The van der Waals surface area contributed by atoms with Gasteiger partial charge in [-0.15, -0.1) is 11.3 Å². The molecule has 0 saturated carbocycles. The van der Waals surface area contributed by atoms with Gasteiger partial charge in [0.1, 0.15) is 0 Å². The Hall–Kier alpha value is -1.72. The van der Waals surface area contributed by atoms with Crippen molar-refractivity contribution in [1.29, 1.82) is 0 Å². The minimum absolute atomic E-state index is 0.0657. The van der Waals surface area contributed by atoms with Gasteiger partial charge in [-0.25, -0.2) is 4.98 Å². The average molecular weight is 301 g/mol. The van der Waals surface area contributed by atoms with Gasteiger partial charge in [0, 0.05) is 30.0 Å². The van der Waals surface area contributed by atoms with Crippen molar-refractivity contribution in [3.63, 3.8) is 0 Å². The van der Waals surface area contributed by atoms with E-state index in [2.05, 4.69) is 15.6 Å². The number of nitrogens with one attached hydrogen (secondary N) is 2. The summed E-state index contributed by atoms with van der Waals surface area (Å²) in [5.74, 6) is -0.0657. The van der Waals surface area contributed by atoms with E-state index in [9.17, 15) is 4.79 Å². The molecule has 110 valence electrons. The van der Waals surface area contributed by atoms with Gasteiger partial charge < -0.3 is 5.32 Å². The Kier molecular flexibility index (Phi) is 3.78. The SMILES string of the molecule is Cc1cc(C)c(C(=O)Nc2nc3c(s2)CNCC3)c(C)c1. The van der Waals surface area contributed by atoms with Gasteiger partial charge in [0.05, 0.1) is 5.69 Å². The number of hydrogen-bond donors (Lipinski definition) is 2. The molecule has 0 saturated heterocycles. The summed E-state index contributed by atoms with van der Waals surface area (Å²) in [6.45, 7) is 7.81. The van der Waals surface area contributed by atoms with Crippen LogP contribution in [0.3, 0.4) is 0 Å². The smallest absolute Gasteiger partial charge is 0.257 e. The number of aromatic nitrogens is 1. The third-order valence-electron chi connectivity index (χ3n) is 3.73. The Labute approximate surface area is 128 Å². The van der Waals surface area contributed by atoms with Gasteiger partial charge in [-0.2, -0.15) is 0 Å². The monoisotopic (exact) mass is 301 g/mol. The zero-order valence-electron chi connectivity index (χ0n) is 12.5. The van der Waals surface area contributed by atoms with E-state index in [1.807, 2.05) is 32.9 Å². The Morgan fingerprint density at radius 3 is 2.67 bits per heavy atom. The van der Waals surface area contributed by atoms with E-state index in [1.165, 1.54) is 10.4 Å². The molecule has 0 spiro atoms. The lowest BCUT2D eigenvalue weighted by molar-refractivity contribution is 0.102. The van der Waals surface area contributed by atoms with Crippen molar-refractivity contribution >= 4 is 22.4 Å². The second-order valence-electron chi connectivity index (χ2n) is 5.54. The second-order valence-corrected chi connectivity index (χ2v) is 6.63. The summed E-state index contributed by atoms with van der Waals surface area (Å²) in [6, 6.07) is 4.08. The molecule has 0 atom stereocenters. The number of nitrogens with zero attached hydrogens (tertiary/aromatic N) is 1. The summed E-state index contributed by atoms with van der Waals surface area (Å²) in [5, 5.41) is 6.98. The molecule has 1 aromatic heterocycles. The molecule has 3 rings (SSSR count). The van der Waals surface area contributed by atoms with Crippen LogP contribution in [-0.2, 0) is 13.0 Å². The van der Waals surface area contributed by atoms with Crippen LogP contribution in [0.15, 0.2) is 12.1 Å². The van der Waals surface area contributed by atoms with E-state index in [-0.39, 0.29) is 5.91 Å². The minimum Gasteiger partial charge on any atom is -0.311 e. The summed E-state index contributed by atoms with van der Waals surface area (Å²) >= 11 is 1.57. The number of thiazole rings is 1. The second kappa shape index (κ2) is 5.58. The summed E-state index contributed by atoms with van der Waals surface area (Å²) in [6.07, 6.45) is 0.935. The van der Waals surface area contributed by atoms with Gasteiger partial charge in [-0.05, 0) is 31.9 Å². The number of aryl methyl sites for hydroxylation is 3. The van der Waals surface area contributed by atoms with Crippen molar-refractivity contribution < 1.29 is 4.79 Å². The third kappa shape index (κ3) is 2.84. The van der Waals surface area contributed by atoms with Crippen LogP contribution < -0.4 is 10.6 Å². The Morgan fingerprint density at radius 2 is 2.00 bits per heavy atom. The first-order valence-corrected chi connectivity index (χ1v) is 7.94. The van der Waals surface area contributed by atoms with Gasteiger partial charge in [0.15, 0.2) is 5.13 Å². The van der Waals surface area contributed by atoms with E-state index >= 15 is 0 Å². The number of carbonyl (C=O) groups is 1. The Bertz CT molecular complexity index is 659. The Balaban J connectivity index is 1.85. The summed E-state index contributed by atoms with van der Waals surface area (Å²) < 4.78 is 0. The predicted octanol–water partition coefficient (Wildman–Crippen LogP) is 2.97. The highest BCUT2D eigenvalue weighted by molar-refractivity contribution is 7.15. The number of hydrogen-bond acceptors (Lipinski definition) is 4. The maximum atomic E-state index is 12.5. The van der Waals surface area contributed by atoms with Crippen molar-refractivity contribution in [3.05, 3.63) is 45.0 Å². The maximum Gasteiger partial charge on any atom is 0.257 e. The van der Waals surface area contributed by atoms with Crippen molar-refractivity contribution in [2.45, 2.75) is 33.7 Å². The van der Waals surface area contributed by atoms with Crippen LogP contribution in [0.25, 0.3) is 0 Å². The molecular weight excluding hydrogens is 282 g/mol. The summed E-state index contributed by atoms with van der Waals surface area (Å²) in [4.78, 5) is 18.3. The molecule has 4 nitrogen and oxygen atoms in total. The summed E-state index contributed by atoms with van der Waals surface area (Å²) in [7, 11) is 0. The highest BCUT2D eigenvalue weighted by Crippen LogP contribution is 2.26. The summed E-state index contributed by atoms with van der Waals surface area (Å²) in [5.41, 5.74) is 5.07. The fourth-order valence-electron chi connectivity index (χ4n) is 2.88. The number of anilines is 1. The average Bonchev–Trinajstić information content (AvgIpc) is 2.79. The van der Waals surface area contributed by atoms with Crippen LogP contribution in [0.5, 0.6) is 0 Å². The predicted molar refractivity (Wildman–Crippen MR) is 86.1 cm³/mol. The minimum atomic E-state index is -0.0657. The van der Waals surface area contributed by atoms with Crippen molar-refractivity contribution in [1.82, 2.24) is 10.3 Å². The Morgan fingerprint density at radius 1 is 1.29 bits per heavy atom. The van der Waals surface area contributed by atoms with Crippen LogP contribution in [0.1, 0.15) is 37.6 Å². The molecule has 0 unspecified atom stereocenters. The highest BCUT2D eigenvalue weighted by atomic mass is 32.1. The van der Waals surface area contributed by atoms with Gasteiger partial charge in [0.25, 0.3) is 5.91 Å². The maximum absolute atomic E-state index is 12.5. The van der Waals surface area contributed by atoms with Crippen LogP contribution in [0.2, 0.25) is 0 Å². The van der Waals surface area contributed by atoms with E-state index in [4.69, 9.17) is 0 Å². The zero-order valence-corrected chi connectivity index (χ0v) is 13.4. The number of rotatable bonds is 2. The van der Waals surface area contributed by atoms with Gasteiger partial charge in [-0.1, -0.05) is 17.7 Å². The topological polar surface area (TPSA) is 54.0 Å². The largest absolute Gasteiger partial charge is 0.311 e. The van der Waals surface area contributed by atoms with E-state index < -0.39 is 0 Å². The van der Waals surface area contributed by atoms with E-state index in [0.717, 1.165) is 41.9 Å². The number of fused-ring (bicyclic) bond motifs is 1. The molecule has 1 aromatic carbocycles. The molecule has 21 heavy (non-hydrogen) atoms. The molecule has 0 bridgehead atoms. The quantitative estimate of drug-likeness (QED) is 0.896. The zero-order chi connectivity index (χ0) is 15.0. The third-order valence-corrected chi connectivity index (χ3v) is 4.74. The molecule has 5 heteroatoms. The lowest BCUT2D eigenvalue weighted by Crippen LogP contribution is -2.22. The number of carbonyl (C=O) groups excluding carboxylic acids is 1. The highest BCUT2D eigenvalue weighted by Gasteiger charge is 2.18. The van der Waals surface area contributed by atoms with Gasteiger partial charge in [-0.3, -0.25) is 10.1 Å². The molecule has 2 aromatic rings. The molecule has 2 N–H and O–H groups in total. The van der Waals surface area contributed by atoms with Crippen LogP contribution in [0, 0.1) is 20.8 Å². The molecule has 1 aliphatic heterocycles. The normalized spacial score (nSPS) is 13.9. The first-order chi connectivity index (χ1) is 10.0. The molecular formula is C16H19N3OS. The fourth-order valence-corrected chi connectivity index (χ4v) is 3.85. The van der Waals surface area contributed by atoms with Crippen molar-refractivity contribution in [2.24, 2.45) is 0 Å². The van der Waals surface area contributed by atoms with Crippen LogP contribution in [0.4, 0.5) is 5.13 Å². The number of amides is 1. The molecule has 0 radical (unpaired) electrons. The molecule has 0 fully saturated rings. The van der Waals surface area contributed by atoms with Gasteiger partial charge >= 0.3 is 0 Å². The lowest BCUT2D eigenvalue weighted by atomic mass is 9.99. The molecule has 1 aliphatic rings. The number of benzene rings is 1.